The molecule has 0 bridgehead atoms. The van der Waals surface area contributed by atoms with E-state index in [1.807, 2.05) is 0 Å². The fraction of sp³-hybridized carbons (Fsp3) is 0.938. The topological polar surface area (TPSA) is 46.5 Å². The van der Waals surface area contributed by atoms with E-state index in [-0.39, 0.29) is 5.97 Å². The Balaban J connectivity index is 5.14. The van der Waals surface area contributed by atoms with Gasteiger partial charge in [0.1, 0.15) is 0 Å². The van der Waals surface area contributed by atoms with Crippen LogP contribution in [0.1, 0.15) is 66.7 Å². The van der Waals surface area contributed by atoms with Gasteiger partial charge in [0.05, 0.1) is 18.6 Å². The van der Waals surface area contributed by atoms with E-state index in [4.69, 9.17) is 4.74 Å². The Kier molecular flexibility index (Phi) is 8.31. The number of unbranched alkanes of at least 4 members (excludes halogenated alkanes) is 1. The quantitative estimate of drug-likeness (QED) is 0.650. The Morgan fingerprint density at radius 1 is 1.16 bits per heavy atom. The standard InChI is InChI=1S/C16H32O3/c1-7-8-9-14(15(17)19-6)16(18,10-12(2)3)11-13(4)5/h12-14,18H,7-11H2,1-6H3. The van der Waals surface area contributed by atoms with Gasteiger partial charge in [-0.05, 0) is 31.1 Å². The van der Waals surface area contributed by atoms with Crippen molar-refractivity contribution in [1.29, 1.82) is 0 Å². The van der Waals surface area contributed by atoms with Crippen LogP contribution in [0.25, 0.3) is 0 Å². The average Bonchev–Trinajstić information content (AvgIpc) is 2.26. The van der Waals surface area contributed by atoms with Gasteiger partial charge in [-0.3, -0.25) is 4.79 Å². The zero-order valence-electron chi connectivity index (χ0n) is 13.5. The predicted molar refractivity (Wildman–Crippen MR) is 78.9 cm³/mol. The van der Waals surface area contributed by atoms with Crippen LogP contribution in [0.2, 0.25) is 0 Å². The molecule has 0 heterocycles. The predicted octanol–water partition coefficient (Wildman–Crippen LogP) is 3.79. The fourth-order valence-corrected chi connectivity index (χ4v) is 2.94. The van der Waals surface area contributed by atoms with E-state index in [1.165, 1.54) is 7.11 Å². The minimum atomic E-state index is -0.940. The van der Waals surface area contributed by atoms with Crippen LogP contribution in [0.4, 0.5) is 0 Å². The van der Waals surface area contributed by atoms with E-state index in [0.717, 1.165) is 12.8 Å². The third-order valence-electron chi connectivity index (χ3n) is 3.50. The van der Waals surface area contributed by atoms with Crippen molar-refractivity contribution in [3.8, 4) is 0 Å². The molecule has 0 saturated carbocycles. The molecule has 0 amide bonds. The van der Waals surface area contributed by atoms with Gasteiger partial charge in [0.15, 0.2) is 0 Å². The Hall–Kier alpha value is -0.570. The van der Waals surface area contributed by atoms with Gasteiger partial charge < -0.3 is 9.84 Å². The Morgan fingerprint density at radius 2 is 1.63 bits per heavy atom. The minimum absolute atomic E-state index is 0.266. The van der Waals surface area contributed by atoms with Gasteiger partial charge in [0.2, 0.25) is 0 Å². The highest BCUT2D eigenvalue weighted by molar-refractivity contribution is 5.73. The minimum Gasteiger partial charge on any atom is -0.469 e. The first-order chi connectivity index (χ1) is 8.76. The summed E-state index contributed by atoms with van der Waals surface area (Å²) in [5.74, 6) is 0.0505. The molecule has 0 spiro atoms. The number of methoxy groups -OCH3 is 1. The molecule has 3 heteroatoms. The summed E-state index contributed by atoms with van der Waals surface area (Å²) in [5.41, 5.74) is -0.940. The zero-order chi connectivity index (χ0) is 15.1. The summed E-state index contributed by atoms with van der Waals surface area (Å²) in [7, 11) is 1.41. The van der Waals surface area contributed by atoms with E-state index < -0.39 is 11.5 Å². The summed E-state index contributed by atoms with van der Waals surface area (Å²) >= 11 is 0. The molecule has 0 fully saturated rings. The monoisotopic (exact) mass is 272 g/mol. The van der Waals surface area contributed by atoms with E-state index in [1.54, 1.807) is 0 Å². The lowest BCUT2D eigenvalue weighted by Gasteiger charge is -2.37. The number of carbonyl (C=O) groups excluding carboxylic acids is 1. The number of hydrogen-bond acceptors (Lipinski definition) is 3. The second-order valence-electron chi connectivity index (χ2n) is 6.52. The molecule has 0 saturated heterocycles. The van der Waals surface area contributed by atoms with Crippen LogP contribution in [0.5, 0.6) is 0 Å². The summed E-state index contributed by atoms with van der Waals surface area (Å²) in [4.78, 5) is 12.0. The van der Waals surface area contributed by atoms with Crippen molar-refractivity contribution in [2.24, 2.45) is 17.8 Å². The van der Waals surface area contributed by atoms with Crippen LogP contribution in [0.3, 0.4) is 0 Å². The lowest BCUT2D eigenvalue weighted by atomic mass is 9.74. The smallest absolute Gasteiger partial charge is 0.311 e. The maximum atomic E-state index is 12.0. The number of aliphatic hydroxyl groups is 1. The second-order valence-corrected chi connectivity index (χ2v) is 6.52. The Labute approximate surface area is 118 Å². The molecule has 0 aliphatic carbocycles. The van der Waals surface area contributed by atoms with E-state index in [9.17, 15) is 9.90 Å². The van der Waals surface area contributed by atoms with E-state index in [0.29, 0.717) is 31.1 Å². The molecule has 3 nitrogen and oxygen atoms in total. The van der Waals surface area contributed by atoms with Crippen molar-refractivity contribution in [2.75, 3.05) is 7.11 Å². The fourth-order valence-electron chi connectivity index (χ4n) is 2.94. The van der Waals surface area contributed by atoms with Gasteiger partial charge in [0.25, 0.3) is 0 Å². The lowest BCUT2D eigenvalue weighted by Crippen LogP contribution is -2.45. The van der Waals surface area contributed by atoms with Crippen LogP contribution < -0.4 is 0 Å². The highest BCUT2D eigenvalue weighted by atomic mass is 16.5. The summed E-state index contributed by atoms with van der Waals surface area (Å²) in [6.07, 6.45) is 3.97. The zero-order valence-corrected chi connectivity index (χ0v) is 13.5. The molecule has 1 atom stereocenters. The highest BCUT2D eigenvalue weighted by Gasteiger charge is 2.42. The number of ether oxygens (including phenoxy) is 1. The van der Waals surface area contributed by atoms with Gasteiger partial charge in [0, 0.05) is 0 Å². The van der Waals surface area contributed by atoms with Crippen molar-refractivity contribution >= 4 is 5.97 Å². The molecule has 0 aromatic rings. The van der Waals surface area contributed by atoms with Crippen LogP contribution in [0, 0.1) is 17.8 Å². The van der Waals surface area contributed by atoms with E-state index >= 15 is 0 Å². The second kappa shape index (κ2) is 8.57. The largest absolute Gasteiger partial charge is 0.469 e. The number of carbonyl (C=O) groups is 1. The number of hydrogen-bond donors (Lipinski definition) is 1. The number of rotatable bonds is 9. The third kappa shape index (κ3) is 6.42. The average molecular weight is 272 g/mol. The first-order valence-corrected chi connectivity index (χ1v) is 7.57. The molecule has 1 N–H and O–H groups in total. The van der Waals surface area contributed by atoms with Crippen molar-refractivity contribution < 1.29 is 14.6 Å². The molecule has 0 aliphatic rings. The highest BCUT2D eigenvalue weighted by Crippen LogP contribution is 2.35. The van der Waals surface area contributed by atoms with Crippen LogP contribution in [-0.4, -0.2) is 23.8 Å². The third-order valence-corrected chi connectivity index (χ3v) is 3.50. The van der Waals surface area contributed by atoms with Crippen LogP contribution in [-0.2, 0) is 9.53 Å². The molecule has 1 unspecified atom stereocenters. The summed E-state index contributed by atoms with van der Waals surface area (Å²) in [6.45, 7) is 10.4. The summed E-state index contributed by atoms with van der Waals surface area (Å²) in [5, 5.41) is 11.0. The van der Waals surface area contributed by atoms with Crippen molar-refractivity contribution in [3.05, 3.63) is 0 Å². The molecular formula is C16H32O3. The molecule has 19 heavy (non-hydrogen) atoms. The summed E-state index contributed by atoms with van der Waals surface area (Å²) in [6, 6.07) is 0. The SMILES string of the molecule is CCCCC(C(=O)OC)C(O)(CC(C)C)CC(C)C. The van der Waals surface area contributed by atoms with E-state index in [2.05, 4.69) is 34.6 Å². The van der Waals surface area contributed by atoms with Crippen molar-refractivity contribution in [3.63, 3.8) is 0 Å². The van der Waals surface area contributed by atoms with Gasteiger partial charge in [-0.2, -0.15) is 0 Å². The number of esters is 1. The van der Waals surface area contributed by atoms with Gasteiger partial charge in [-0.25, -0.2) is 0 Å². The first-order valence-electron chi connectivity index (χ1n) is 7.57. The normalized spacial score (nSPS) is 13.9. The molecule has 0 aromatic heterocycles. The molecular weight excluding hydrogens is 240 g/mol. The molecule has 0 rings (SSSR count). The molecule has 0 radical (unpaired) electrons. The lowest BCUT2D eigenvalue weighted by molar-refractivity contribution is -0.159. The Bertz CT molecular complexity index is 249. The van der Waals surface area contributed by atoms with Crippen molar-refractivity contribution in [2.45, 2.75) is 72.3 Å². The molecule has 0 aliphatic heterocycles. The molecule has 0 aromatic carbocycles. The maximum absolute atomic E-state index is 12.0. The van der Waals surface area contributed by atoms with Gasteiger partial charge in [-0.15, -0.1) is 0 Å². The maximum Gasteiger partial charge on any atom is 0.311 e. The first kappa shape index (κ1) is 18.4. The van der Waals surface area contributed by atoms with Crippen LogP contribution in [0.15, 0.2) is 0 Å². The summed E-state index contributed by atoms with van der Waals surface area (Å²) < 4.78 is 4.92. The van der Waals surface area contributed by atoms with Crippen molar-refractivity contribution in [1.82, 2.24) is 0 Å². The Morgan fingerprint density at radius 3 is 1.95 bits per heavy atom. The molecule has 114 valence electrons. The van der Waals surface area contributed by atoms with Gasteiger partial charge in [-0.1, -0.05) is 47.5 Å². The van der Waals surface area contributed by atoms with Crippen LogP contribution >= 0.6 is 0 Å². The van der Waals surface area contributed by atoms with Gasteiger partial charge >= 0.3 is 5.97 Å².